The highest BCUT2D eigenvalue weighted by Crippen LogP contribution is 2.48. The fourth-order valence-electron chi connectivity index (χ4n) is 5.36. The van der Waals surface area contributed by atoms with Gasteiger partial charge in [-0.25, -0.2) is 0 Å². The van der Waals surface area contributed by atoms with E-state index in [2.05, 4.69) is 9.88 Å². The number of hydrogen-bond donors (Lipinski definition) is 3. The summed E-state index contributed by atoms with van der Waals surface area (Å²) >= 11 is 0. The van der Waals surface area contributed by atoms with Crippen LogP contribution in [0.5, 0.6) is 0 Å². The molecule has 2 aliphatic rings. The van der Waals surface area contributed by atoms with Crippen molar-refractivity contribution in [1.82, 2.24) is 19.4 Å². The van der Waals surface area contributed by atoms with Crippen molar-refractivity contribution in [2.24, 2.45) is 23.3 Å². The number of fused-ring (bicyclic) bond motifs is 2. The zero-order valence-corrected chi connectivity index (χ0v) is 18.5. The third-order valence-corrected chi connectivity index (χ3v) is 7.06. The molecule has 2 amide bonds. The number of amides is 2. The van der Waals surface area contributed by atoms with E-state index in [1.165, 1.54) is 16.8 Å². The van der Waals surface area contributed by atoms with Crippen LogP contribution in [0.4, 0.5) is 0 Å². The van der Waals surface area contributed by atoms with Crippen LogP contribution < -0.4 is 17.0 Å². The summed E-state index contributed by atoms with van der Waals surface area (Å²) in [5.41, 5.74) is 12.7. The number of primary amides is 1. The first-order chi connectivity index (χ1) is 15.9. The van der Waals surface area contributed by atoms with Gasteiger partial charge in [0.1, 0.15) is 5.56 Å². The van der Waals surface area contributed by atoms with Crippen LogP contribution in [0.15, 0.2) is 47.5 Å². The quantitative estimate of drug-likeness (QED) is 0.483. The van der Waals surface area contributed by atoms with Crippen LogP contribution >= 0.6 is 0 Å². The van der Waals surface area contributed by atoms with Gasteiger partial charge in [0.25, 0.3) is 11.5 Å². The van der Waals surface area contributed by atoms with E-state index in [1.54, 1.807) is 11.9 Å². The first-order valence-corrected chi connectivity index (χ1v) is 11.2. The monoisotopic (exact) mass is 448 g/mol. The third-order valence-electron chi connectivity index (χ3n) is 7.06. The second-order valence-corrected chi connectivity index (χ2v) is 9.08. The molecule has 1 saturated carbocycles. The van der Waals surface area contributed by atoms with Gasteiger partial charge in [0.15, 0.2) is 0 Å². The van der Waals surface area contributed by atoms with Gasteiger partial charge < -0.3 is 30.8 Å². The number of nitrogens with zero attached hydrogens (tertiary/aromatic N) is 3. The summed E-state index contributed by atoms with van der Waals surface area (Å²) in [7, 11) is 1.74. The van der Waals surface area contributed by atoms with Gasteiger partial charge in [-0.3, -0.25) is 14.4 Å². The van der Waals surface area contributed by atoms with Gasteiger partial charge in [-0.1, -0.05) is 12.1 Å². The van der Waals surface area contributed by atoms with Gasteiger partial charge in [-0.15, -0.1) is 0 Å². The largest absolute Gasteiger partial charge is 0.366 e. The van der Waals surface area contributed by atoms with E-state index < -0.39 is 11.5 Å². The van der Waals surface area contributed by atoms with E-state index in [-0.39, 0.29) is 29.6 Å². The van der Waals surface area contributed by atoms with Gasteiger partial charge >= 0.3 is 0 Å². The Morgan fingerprint density at radius 2 is 1.97 bits per heavy atom. The molecule has 1 aliphatic carbocycles. The number of aromatic amines is 1. The highest BCUT2D eigenvalue weighted by Gasteiger charge is 2.58. The molecule has 0 spiro atoms. The Morgan fingerprint density at radius 1 is 1.21 bits per heavy atom. The van der Waals surface area contributed by atoms with Gasteiger partial charge in [0.2, 0.25) is 5.91 Å². The van der Waals surface area contributed by atoms with Gasteiger partial charge in [-0.2, -0.15) is 0 Å². The summed E-state index contributed by atoms with van der Waals surface area (Å²) < 4.78 is 1.40. The predicted octanol–water partition coefficient (Wildman–Crippen LogP) is 0.438. The summed E-state index contributed by atoms with van der Waals surface area (Å²) in [6.07, 6.45) is 3.27. The normalized spacial score (nSPS) is 21.8. The topological polar surface area (TPSA) is 130 Å². The van der Waals surface area contributed by atoms with Crippen molar-refractivity contribution in [2.45, 2.75) is 12.6 Å². The molecule has 0 bridgehead atoms. The number of carbonyl (C=O) groups is 2. The molecule has 0 unspecified atom stereocenters. The molecular weight excluding hydrogens is 420 g/mol. The predicted molar refractivity (Wildman–Crippen MR) is 125 cm³/mol. The number of pyridine rings is 1. The third kappa shape index (κ3) is 3.73. The molecule has 3 atom stereocenters. The van der Waals surface area contributed by atoms with Crippen LogP contribution in [0.25, 0.3) is 10.9 Å². The molecule has 3 aromatic rings. The number of nitrogens with one attached hydrogen (secondary N) is 1. The van der Waals surface area contributed by atoms with Gasteiger partial charge in [-0.05, 0) is 35.6 Å². The molecule has 0 radical (unpaired) electrons. The van der Waals surface area contributed by atoms with Crippen LogP contribution in [-0.4, -0.2) is 70.4 Å². The Bertz CT molecular complexity index is 1280. The molecule has 3 heterocycles. The number of carbonyl (C=O) groups excluding carboxylic acids is 2. The van der Waals surface area contributed by atoms with Crippen LogP contribution in [0.3, 0.4) is 0 Å². The molecular formula is C24H28N6O3. The lowest BCUT2D eigenvalue weighted by Crippen LogP contribution is -2.40. The van der Waals surface area contributed by atoms with Crippen LogP contribution in [0.2, 0.25) is 0 Å². The summed E-state index contributed by atoms with van der Waals surface area (Å²) in [5, 5.41) is 0.978. The van der Waals surface area contributed by atoms with E-state index in [0.29, 0.717) is 18.4 Å². The average Bonchev–Trinajstić information content (AvgIpc) is 3.13. The first kappa shape index (κ1) is 21.4. The molecule has 1 aliphatic heterocycles. The van der Waals surface area contributed by atoms with Crippen molar-refractivity contribution >= 4 is 22.7 Å². The second kappa shape index (κ2) is 8.17. The number of hydrogen-bond acceptors (Lipinski definition) is 5. The van der Waals surface area contributed by atoms with Crippen molar-refractivity contribution in [2.75, 3.05) is 33.2 Å². The number of H-pyrrole nitrogens is 1. The number of rotatable bonds is 7. The molecule has 9 nitrogen and oxygen atoms in total. The molecule has 5 N–H and O–H groups in total. The SMILES string of the molecule is CN(C(=O)c1cc(C(N)=O)cn(Cc2cccc3[nH]ccc23)c1=O)[C@H]1[C@@H]2CN(CCN)C[C@@H]21. The van der Waals surface area contributed by atoms with Crippen molar-refractivity contribution < 1.29 is 9.59 Å². The van der Waals surface area contributed by atoms with Crippen LogP contribution in [0.1, 0.15) is 26.3 Å². The Hall–Kier alpha value is -3.43. The lowest BCUT2D eigenvalue weighted by Gasteiger charge is -2.24. The minimum Gasteiger partial charge on any atom is -0.366 e. The Labute approximate surface area is 190 Å². The number of aromatic nitrogens is 2. The number of benzene rings is 1. The van der Waals surface area contributed by atoms with Crippen molar-refractivity contribution in [3.63, 3.8) is 0 Å². The lowest BCUT2D eigenvalue weighted by atomic mass is 10.1. The standard InChI is InChI=1S/C24H28N6O3/c1-28(21-18-12-29(8-6-25)13-19(18)21)23(32)17-9-15(22(26)31)11-30(24(17)33)10-14-3-2-4-20-16(14)5-7-27-20/h2-5,7,9,11,18-19,21,27H,6,8,10,12-13,25H2,1H3,(H2,26,31)/t18-,19+,21+. The van der Waals surface area contributed by atoms with Gasteiger partial charge in [0, 0.05) is 62.6 Å². The fourth-order valence-corrected chi connectivity index (χ4v) is 5.36. The summed E-state index contributed by atoms with van der Waals surface area (Å²) in [4.78, 5) is 45.8. The average molecular weight is 449 g/mol. The summed E-state index contributed by atoms with van der Waals surface area (Å²) in [6, 6.07) is 9.14. The van der Waals surface area contributed by atoms with Crippen molar-refractivity contribution in [1.29, 1.82) is 0 Å². The highest BCUT2D eigenvalue weighted by molar-refractivity contribution is 5.98. The first-order valence-electron chi connectivity index (χ1n) is 11.2. The van der Waals surface area contributed by atoms with E-state index in [9.17, 15) is 14.4 Å². The van der Waals surface area contributed by atoms with E-state index >= 15 is 0 Å². The van der Waals surface area contributed by atoms with E-state index in [1.807, 2.05) is 30.5 Å². The van der Waals surface area contributed by atoms with Crippen molar-refractivity contribution in [3.05, 3.63) is 69.8 Å². The number of piperidine rings is 1. The maximum absolute atomic E-state index is 13.4. The van der Waals surface area contributed by atoms with Gasteiger partial charge in [0.05, 0.1) is 12.1 Å². The fraction of sp³-hybridized carbons (Fsp3) is 0.375. The molecule has 9 heteroatoms. The minimum atomic E-state index is -0.680. The van der Waals surface area contributed by atoms with Crippen LogP contribution in [0, 0.1) is 11.8 Å². The minimum absolute atomic E-state index is 0.0289. The molecule has 2 fully saturated rings. The molecule has 33 heavy (non-hydrogen) atoms. The molecule has 5 rings (SSSR count). The molecule has 172 valence electrons. The van der Waals surface area contributed by atoms with Crippen molar-refractivity contribution in [3.8, 4) is 0 Å². The molecule has 1 aromatic carbocycles. The maximum atomic E-state index is 13.4. The Balaban J connectivity index is 1.44. The smallest absolute Gasteiger partial charge is 0.263 e. The lowest BCUT2D eigenvalue weighted by molar-refractivity contribution is 0.0755. The zero-order chi connectivity index (χ0) is 23.3. The van der Waals surface area contributed by atoms with Crippen LogP contribution in [-0.2, 0) is 6.54 Å². The van der Waals surface area contributed by atoms with E-state index in [0.717, 1.165) is 36.1 Å². The maximum Gasteiger partial charge on any atom is 0.263 e. The van der Waals surface area contributed by atoms with E-state index in [4.69, 9.17) is 11.5 Å². The summed E-state index contributed by atoms with van der Waals surface area (Å²) in [6.45, 7) is 3.53. The Kier molecular flexibility index (Phi) is 5.30. The second-order valence-electron chi connectivity index (χ2n) is 9.08. The summed E-state index contributed by atoms with van der Waals surface area (Å²) in [5.74, 6) is -0.251. The molecule has 1 saturated heterocycles. The number of nitrogens with two attached hydrogens (primary N) is 2. The Morgan fingerprint density at radius 3 is 2.67 bits per heavy atom. The highest BCUT2D eigenvalue weighted by atomic mass is 16.2. The zero-order valence-electron chi connectivity index (χ0n) is 18.5. The number of likely N-dealkylation sites (tertiary alicyclic amines) is 1. The molecule has 2 aromatic heterocycles.